The molecule has 0 atom stereocenters. The predicted octanol–water partition coefficient (Wildman–Crippen LogP) is 5.88. The van der Waals surface area contributed by atoms with Gasteiger partial charge in [0.05, 0.1) is 0 Å². The molecule has 0 aromatic heterocycles. The zero-order chi connectivity index (χ0) is 16.2. The molecule has 0 aliphatic heterocycles. The van der Waals surface area contributed by atoms with Crippen molar-refractivity contribution in [3.63, 3.8) is 0 Å². The van der Waals surface area contributed by atoms with Gasteiger partial charge in [-0.15, -0.1) is 0 Å². The molecule has 0 heterocycles. The van der Waals surface area contributed by atoms with Gasteiger partial charge < -0.3 is 9.80 Å². The fourth-order valence-electron chi connectivity index (χ4n) is 2.51. The Hall–Kier alpha value is -2.45. The number of benzene rings is 3. The van der Waals surface area contributed by atoms with E-state index in [2.05, 4.69) is 72.4 Å². The van der Waals surface area contributed by atoms with Gasteiger partial charge in [-0.3, -0.25) is 0 Å². The Morgan fingerprint density at radius 1 is 0.522 bits per heavy atom. The lowest BCUT2D eigenvalue weighted by molar-refractivity contribution is 1.18. The fourth-order valence-corrected chi connectivity index (χ4v) is 2.64. The molecule has 0 saturated carbocycles. The second-order valence-corrected chi connectivity index (χ2v) is 5.88. The third-order valence-electron chi connectivity index (χ3n) is 3.98. The van der Waals surface area contributed by atoms with E-state index >= 15 is 0 Å². The molecule has 0 aliphatic carbocycles. The van der Waals surface area contributed by atoms with Crippen LogP contribution in [0, 0.1) is 0 Å². The lowest BCUT2D eigenvalue weighted by Crippen LogP contribution is -2.11. The molecule has 3 aromatic rings. The standard InChI is InChI=1S/C20H19ClN2/c1-22(17-6-4-3-5-7-17)19-12-14-20(15-13-19)23(2)18-10-8-16(21)9-11-18/h3-15H,1-2H3. The lowest BCUT2D eigenvalue weighted by atomic mass is 10.2. The zero-order valence-corrected chi connectivity index (χ0v) is 14.0. The third kappa shape index (κ3) is 3.49. The molecule has 2 nitrogen and oxygen atoms in total. The first-order valence-corrected chi connectivity index (χ1v) is 7.91. The van der Waals surface area contributed by atoms with E-state index in [9.17, 15) is 0 Å². The number of rotatable bonds is 4. The van der Waals surface area contributed by atoms with Crippen LogP contribution in [0.25, 0.3) is 0 Å². The quantitative estimate of drug-likeness (QED) is 0.592. The van der Waals surface area contributed by atoms with Crippen molar-refractivity contribution >= 4 is 34.4 Å². The topological polar surface area (TPSA) is 6.48 Å². The lowest BCUT2D eigenvalue weighted by Gasteiger charge is -2.23. The average Bonchev–Trinajstić information content (AvgIpc) is 2.62. The molecular formula is C20H19ClN2. The zero-order valence-electron chi connectivity index (χ0n) is 13.3. The van der Waals surface area contributed by atoms with E-state index in [1.54, 1.807) is 0 Å². The highest BCUT2D eigenvalue weighted by molar-refractivity contribution is 6.30. The van der Waals surface area contributed by atoms with Gasteiger partial charge in [0, 0.05) is 41.9 Å². The summed E-state index contributed by atoms with van der Waals surface area (Å²) in [5, 5.41) is 0.752. The highest BCUT2D eigenvalue weighted by Crippen LogP contribution is 2.29. The maximum Gasteiger partial charge on any atom is 0.0409 e. The van der Waals surface area contributed by atoms with Crippen LogP contribution in [-0.2, 0) is 0 Å². The Kier molecular flexibility index (Phi) is 4.54. The SMILES string of the molecule is CN(c1ccccc1)c1ccc(N(C)c2ccc(Cl)cc2)cc1. The Labute approximate surface area is 142 Å². The molecule has 0 fully saturated rings. The van der Waals surface area contributed by atoms with Crippen LogP contribution in [-0.4, -0.2) is 14.1 Å². The van der Waals surface area contributed by atoms with Crippen LogP contribution >= 0.6 is 11.6 Å². The van der Waals surface area contributed by atoms with Gasteiger partial charge in [-0.1, -0.05) is 29.8 Å². The summed E-state index contributed by atoms with van der Waals surface area (Å²) in [6, 6.07) is 26.7. The molecule has 0 bridgehead atoms. The summed E-state index contributed by atoms with van der Waals surface area (Å²) in [6.45, 7) is 0. The Morgan fingerprint density at radius 3 is 1.30 bits per heavy atom. The Balaban J connectivity index is 1.80. The first-order valence-electron chi connectivity index (χ1n) is 7.53. The number of halogens is 1. The number of hydrogen-bond acceptors (Lipinski definition) is 2. The van der Waals surface area contributed by atoms with E-state index in [4.69, 9.17) is 11.6 Å². The normalized spacial score (nSPS) is 10.4. The van der Waals surface area contributed by atoms with Crippen molar-refractivity contribution in [1.29, 1.82) is 0 Å². The molecule has 3 aromatic carbocycles. The molecule has 0 unspecified atom stereocenters. The summed E-state index contributed by atoms with van der Waals surface area (Å²) in [4.78, 5) is 4.31. The van der Waals surface area contributed by atoms with Gasteiger partial charge in [0.2, 0.25) is 0 Å². The minimum atomic E-state index is 0.752. The van der Waals surface area contributed by atoms with Crippen LogP contribution in [0.5, 0.6) is 0 Å². The molecule has 116 valence electrons. The van der Waals surface area contributed by atoms with Gasteiger partial charge in [-0.25, -0.2) is 0 Å². The molecule has 0 N–H and O–H groups in total. The smallest absolute Gasteiger partial charge is 0.0409 e. The third-order valence-corrected chi connectivity index (χ3v) is 4.23. The summed E-state index contributed by atoms with van der Waals surface area (Å²) < 4.78 is 0. The maximum atomic E-state index is 5.95. The van der Waals surface area contributed by atoms with Crippen LogP contribution in [0.2, 0.25) is 5.02 Å². The van der Waals surface area contributed by atoms with Crippen molar-refractivity contribution in [3.05, 3.63) is 83.9 Å². The Morgan fingerprint density at radius 2 is 0.870 bits per heavy atom. The van der Waals surface area contributed by atoms with Crippen molar-refractivity contribution < 1.29 is 0 Å². The molecular weight excluding hydrogens is 304 g/mol. The molecule has 0 saturated heterocycles. The van der Waals surface area contributed by atoms with Gasteiger partial charge in [0.1, 0.15) is 0 Å². The van der Waals surface area contributed by atoms with Crippen LogP contribution in [0.1, 0.15) is 0 Å². The summed E-state index contributed by atoms with van der Waals surface area (Å²) in [5.74, 6) is 0. The summed E-state index contributed by atoms with van der Waals surface area (Å²) >= 11 is 5.95. The van der Waals surface area contributed by atoms with Crippen molar-refractivity contribution in [3.8, 4) is 0 Å². The maximum absolute atomic E-state index is 5.95. The summed E-state index contributed by atoms with van der Waals surface area (Å²) in [5.41, 5.74) is 4.58. The average molecular weight is 323 g/mol. The molecule has 0 radical (unpaired) electrons. The van der Waals surface area contributed by atoms with Crippen molar-refractivity contribution in [2.75, 3.05) is 23.9 Å². The number of para-hydroxylation sites is 1. The van der Waals surface area contributed by atoms with Crippen molar-refractivity contribution in [2.45, 2.75) is 0 Å². The minimum absolute atomic E-state index is 0.752. The van der Waals surface area contributed by atoms with Gasteiger partial charge in [-0.2, -0.15) is 0 Å². The van der Waals surface area contributed by atoms with E-state index in [1.165, 1.54) is 5.69 Å². The van der Waals surface area contributed by atoms with E-state index in [-0.39, 0.29) is 0 Å². The van der Waals surface area contributed by atoms with Gasteiger partial charge in [-0.05, 0) is 60.7 Å². The first-order chi connectivity index (χ1) is 11.1. The highest BCUT2D eigenvalue weighted by Gasteiger charge is 2.06. The van der Waals surface area contributed by atoms with Gasteiger partial charge in [0.15, 0.2) is 0 Å². The molecule has 0 amide bonds. The van der Waals surface area contributed by atoms with Gasteiger partial charge >= 0.3 is 0 Å². The fraction of sp³-hybridized carbons (Fsp3) is 0.100. The number of hydrogen-bond donors (Lipinski definition) is 0. The number of nitrogens with zero attached hydrogens (tertiary/aromatic N) is 2. The van der Waals surface area contributed by atoms with E-state index < -0.39 is 0 Å². The second-order valence-electron chi connectivity index (χ2n) is 5.45. The minimum Gasteiger partial charge on any atom is -0.345 e. The number of anilines is 4. The van der Waals surface area contributed by atoms with Gasteiger partial charge in [0.25, 0.3) is 0 Å². The van der Waals surface area contributed by atoms with Crippen molar-refractivity contribution in [1.82, 2.24) is 0 Å². The van der Waals surface area contributed by atoms with E-state index in [0.29, 0.717) is 0 Å². The summed E-state index contributed by atoms with van der Waals surface area (Å²) in [6.07, 6.45) is 0. The predicted molar refractivity (Wildman–Crippen MR) is 100 cm³/mol. The summed E-state index contributed by atoms with van der Waals surface area (Å²) in [7, 11) is 4.13. The van der Waals surface area contributed by atoms with Crippen molar-refractivity contribution in [2.24, 2.45) is 0 Å². The molecule has 0 spiro atoms. The van der Waals surface area contributed by atoms with Crippen LogP contribution in [0.4, 0.5) is 22.7 Å². The molecule has 0 aliphatic rings. The van der Waals surface area contributed by atoms with E-state index in [0.717, 1.165) is 22.1 Å². The largest absolute Gasteiger partial charge is 0.345 e. The molecule has 23 heavy (non-hydrogen) atoms. The van der Waals surface area contributed by atoms with Crippen LogP contribution in [0.3, 0.4) is 0 Å². The first kappa shape index (κ1) is 15.4. The highest BCUT2D eigenvalue weighted by atomic mass is 35.5. The molecule has 3 rings (SSSR count). The second kappa shape index (κ2) is 6.76. The van der Waals surface area contributed by atoms with Crippen LogP contribution in [0.15, 0.2) is 78.9 Å². The monoisotopic (exact) mass is 322 g/mol. The molecule has 3 heteroatoms. The van der Waals surface area contributed by atoms with Crippen LogP contribution < -0.4 is 9.80 Å². The Bertz CT molecular complexity index is 752. The van der Waals surface area contributed by atoms with E-state index in [1.807, 2.05) is 30.3 Å².